The Bertz CT molecular complexity index is 300. The molecular weight excluding hydrogens is 254 g/mol. The Morgan fingerprint density at radius 1 is 1.21 bits per heavy atom. The summed E-state index contributed by atoms with van der Waals surface area (Å²) in [4.78, 5) is 5.80. The van der Waals surface area contributed by atoms with E-state index in [0.29, 0.717) is 4.99 Å². The molecule has 2 fully saturated rings. The fraction of sp³-hybridized carbons (Fsp3) is 0.933. The number of thiocarbonyl (C=S) groups is 1. The summed E-state index contributed by atoms with van der Waals surface area (Å²) < 4.78 is 0. The van der Waals surface area contributed by atoms with Gasteiger partial charge in [0.05, 0.1) is 11.0 Å². The van der Waals surface area contributed by atoms with E-state index in [1.165, 1.54) is 45.2 Å². The average Bonchev–Trinajstić information content (AvgIpc) is 2.46. The van der Waals surface area contributed by atoms with Crippen LogP contribution in [-0.4, -0.2) is 53.1 Å². The quantitative estimate of drug-likeness (QED) is 0.802. The molecule has 19 heavy (non-hydrogen) atoms. The molecule has 3 unspecified atom stereocenters. The molecule has 0 aromatic rings. The third-order valence-electron chi connectivity index (χ3n) is 5.17. The molecule has 2 N–H and O–H groups in total. The zero-order chi connectivity index (χ0) is 13.8. The third kappa shape index (κ3) is 3.67. The van der Waals surface area contributed by atoms with Gasteiger partial charge in [0.25, 0.3) is 0 Å². The van der Waals surface area contributed by atoms with Crippen molar-refractivity contribution in [3.63, 3.8) is 0 Å². The highest BCUT2D eigenvalue weighted by Crippen LogP contribution is 2.31. The van der Waals surface area contributed by atoms with Crippen LogP contribution in [0.5, 0.6) is 0 Å². The summed E-state index contributed by atoms with van der Waals surface area (Å²) in [6.45, 7) is 9.10. The number of nitrogens with zero attached hydrogens (tertiary/aromatic N) is 2. The van der Waals surface area contributed by atoms with Crippen molar-refractivity contribution in [3.8, 4) is 0 Å². The lowest BCUT2D eigenvalue weighted by molar-refractivity contribution is 0.0442. The van der Waals surface area contributed by atoms with E-state index in [4.69, 9.17) is 18.0 Å². The van der Waals surface area contributed by atoms with E-state index >= 15 is 0 Å². The molecule has 1 saturated carbocycles. The van der Waals surface area contributed by atoms with Gasteiger partial charge in [-0.15, -0.1) is 0 Å². The molecule has 1 heterocycles. The summed E-state index contributed by atoms with van der Waals surface area (Å²) >= 11 is 5.11. The van der Waals surface area contributed by atoms with Crippen LogP contribution < -0.4 is 5.73 Å². The van der Waals surface area contributed by atoms with E-state index in [0.717, 1.165) is 25.0 Å². The van der Waals surface area contributed by atoms with E-state index in [1.54, 1.807) is 0 Å². The van der Waals surface area contributed by atoms with Crippen molar-refractivity contribution in [2.24, 2.45) is 11.7 Å². The summed E-state index contributed by atoms with van der Waals surface area (Å²) in [5, 5.41) is 0. The van der Waals surface area contributed by atoms with E-state index in [2.05, 4.69) is 23.6 Å². The molecule has 0 bridgehead atoms. The fourth-order valence-corrected chi connectivity index (χ4v) is 3.93. The minimum Gasteiger partial charge on any atom is -0.392 e. The zero-order valence-electron chi connectivity index (χ0n) is 12.5. The maximum absolute atomic E-state index is 5.76. The second kappa shape index (κ2) is 7.00. The molecule has 2 rings (SSSR count). The second-order valence-electron chi connectivity index (χ2n) is 6.17. The number of piperazine rings is 1. The first-order valence-electron chi connectivity index (χ1n) is 7.91. The summed E-state index contributed by atoms with van der Waals surface area (Å²) in [5.74, 6) is 0.924. The molecule has 0 spiro atoms. The largest absolute Gasteiger partial charge is 0.392 e. The van der Waals surface area contributed by atoms with Crippen molar-refractivity contribution < 1.29 is 0 Å². The number of hydrogen-bond acceptors (Lipinski definition) is 3. The van der Waals surface area contributed by atoms with Crippen LogP contribution in [0, 0.1) is 5.92 Å². The van der Waals surface area contributed by atoms with Gasteiger partial charge in [0.1, 0.15) is 0 Å². The standard InChI is InChI=1S/C15H29N3S/c1-3-13-6-4-5-7-14(13)18-10-8-17(9-11-18)12(2)15(16)19/h12-14H,3-11H2,1-2H3,(H2,16,19). The Hall–Kier alpha value is -0.190. The normalized spacial score (nSPS) is 32.1. The van der Waals surface area contributed by atoms with E-state index < -0.39 is 0 Å². The van der Waals surface area contributed by atoms with Crippen molar-refractivity contribution in [1.82, 2.24) is 9.80 Å². The Balaban J connectivity index is 1.86. The molecule has 0 aromatic heterocycles. The molecule has 1 aliphatic heterocycles. The molecule has 3 atom stereocenters. The Morgan fingerprint density at radius 3 is 2.42 bits per heavy atom. The summed E-state index contributed by atoms with van der Waals surface area (Å²) in [5.41, 5.74) is 5.76. The molecular formula is C15H29N3S. The third-order valence-corrected chi connectivity index (χ3v) is 5.51. The maximum atomic E-state index is 5.76. The van der Waals surface area contributed by atoms with Crippen molar-refractivity contribution in [3.05, 3.63) is 0 Å². The topological polar surface area (TPSA) is 32.5 Å². The van der Waals surface area contributed by atoms with Gasteiger partial charge in [-0.3, -0.25) is 9.80 Å². The predicted octanol–water partition coefficient (Wildman–Crippen LogP) is 2.25. The molecule has 0 radical (unpaired) electrons. The number of hydrogen-bond donors (Lipinski definition) is 1. The van der Waals surface area contributed by atoms with Gasteiger partial charge in [-0.05, 0) is 25.7 Å². The van der Waals surface area contributed by atoms with E-state index in [1.807, 2.05) is 0 Å². The molecule has 3 nitrogen and oxygen atoms in total. The first-order valence-corrected chi connectivity index (χ1v) is 8.31. The number of rotatable bonds is 4. The monoisotopic (exact) mass is 283 g/mol. The van der Waals surface area contributed by atoms with Gasteiger partial charge in [0.2, 0.25) is 0 Å². The molecule has 110 valence electrons. The van der Waals surface area contributed by atoms with Crippen LogP contribution in [0.3, 0.4) is 0 Å². The van der Waals surface area contributed by atoms with E-state index in [9.17, 15) is 0 Å². The fourth-order valence-electron chi connectivity index (χ4n) is 3.78. The first kappa shape index (κ1) is 15.2. The van der Waals surface area contributed by atoms with Crippen LogP contribution in [0.4, 0.5) is 0 Å². The lowest BCUT2D eigenvalue weighted by atomic mass is 9.81. The van der Waals surface area contributed by atoms with Crippen LogP contribution in [0.2, 0.25) is 0 Å². The lowest BCUT2D eigenvalue weighted by Gasteiger charge is -2.45. The van der Waals surface area contributed by atoms with Crippen LogP contribution in [0.25, 0.3) is 0 Å². The smallest absolute Gasteiger partial charge is 0.0899 e. The van der Waals surface area contributed by atoms with Gasteiger partial charge in [-0.2, -0.15) is 0 Å². The first-order chi connectivity index (χ1) is 9.13. The highest BCUT2D eigenvalue weighted by Gasteiger charge is 2.32. The van der Waals surface area contributed by atoms with Crippen molar-refractivity contribution in [1.29, 1.82) is 0 Å². The Labute approximate surface area is 123 Å². The van der Waals surface area contributed by atoms with Gasteiger partial charge in [0, 0.05) is 32.2 Å². The summed E-state index contributed by atoms with van der Waals surface area (Å²) in [7, 11) is 0. The molecule has 2 aliphatic rings. The Kier molecular flexibility index (Phi) is 5.60. The van der Waals surface area contributed by atoms with Gasteiger partial charge >= 0.3 is 0 Å². The van der Waals surface area contributed by atoms with Gasteiger partial charge < -0.3 is 5.73 Å². The minimum absolute atomic E-state index is 0.255. The highest BCUT2D eigenvalue weighted by molar-refractivity contribution is 7.80. The van der Waals surface area contributed by atoms with Gasteiger partial charge in [-0.1, -0.05) is 38.4 Å². The molecule has 4 heteroatoms. The van der Waals surface area contributed by atoms with Crippen molar-refractivity contribution >= 4 is 17.2 Å². The highest BCUT2D eigenvalue weighted by atomic mass is 32.1. The van der Waals surface area contributed by atoms with Crippen LogP contribution in [-0.2, 0) is 0 Å². The maximum Gasteiger partial charge on any atom is 0.0899 e. The second-order valence-corrected chi connectivity index (χ2v) is 6.64. The lowest BCUT2D eigenvalue weighted by Crippen LogP contribution is -2.56. The van der Waals surface area contributed by atoms with Gasteiger partial charge in [-0.25, -0.2) is 0 Å². The molecule has 1 aliphatic carbocycles. The molecule has 1 saturated heterocycles. The van der Waals surface area contributed by atoms with Crippen LogP contribution >= 0.6 is 12.2 Å². The molecule has 0 aromatic carbocycles. The predicted molar refractivity (Wildman–Crippen MR) is 85.4 cm³/mol. The number of nitrogens with two attached hydrogens (primary N) is 1. The minimum atomic E-state index is 0.255. The zero-order valence-corrected chi connectivity index (χ0v) is 13.3. The molecule has 0 amide bonds. The van der Waals surface area contributed by atoms with E-state index in [-0.39, 0.29) is 6.04 Å². The SMILES string of the molecule is CCC1CCCCC1N1CCN(C(C)C(N)=S)CC1. The van der Waals surface area contributed by atoms with Crippen LogP contribution in [0.15, 0.2) is 0 Å². The average molecular weight is 283 g/mol. The van der Waals surface area contributed by atoms with Crippen molar-refractivity contribution in [2.75, 3.05) is 26.2 Å². The van der Waals surface area contributed by atoms with Gasteiger partial charge in [0.15, 0.2) is 0 Å². The summed E-state index contributed by atoms with van der Waals surface area (Å²) in [6, 6.07) is 1.09. The Morgan fingerprint density at radius 2 is 1.84 bits per heavy atom. The van der Waals surface area contributed by atoms with Crippen molar-refractivity contribution in [2.45, 2.75) is 58.0 Å². The van der Waals surface area contributed by atoms with Crippen LogP contribution in [0.1, 0.15) is 46.0 Å². The summed E-state index contributed by atoms with van der Waals surface area (Å²) in [6.07, 6.45) is 7.04.